The van der Waals surface area contributed by atoms with E-state index in [0.717, 1.165) is 4.31 Å². The highest BCUT2D eigenvalue weighted by Crippen LogP contribution is 2.41. The Morgan fingerprint density at radius 3 is 1.93 bits per heavy atom. The second-order valence-electron chi connectivity index (χ2n) is 10.2. The molecule has 2 aliphatic heterocycles. The van der Waals surface area contributed by atoms with Crippen LogP contribution in [0.3, 0.4) is 0 Å². The third-order valence-electron chi connectivity index (χ3n) is 6.92. The topological polar surface area (TPSA) is 225 Å². The minimum Gasteiger partial charge on any atom is -0.396 e. The SMILES string of the molecule is CCNC1CN(CC(C)NS(=O)(=O)c2cc3c(s2)S(=O)(=O)N(CCCO)CC3NCC)S(=O)(=O)c2sc(S(N)(=O)=O)cc21. The summed E-state index contributed by atoms with van der Waals surface area (Å²) in [5, 5.41) is 20.8. The first-order valence-corrected chi connectivity index (χ1v) is 20.9. The van der Waals surface area contributed by atoms with Gasteiger partial charge in [-0.1, -0.05) is 13.8 Å². The standard InChI is InChI=1S/C22H36N6O9S6/c1-4-24-17-12-27(7-6-8-29)42(34,35)22-16(17)10-20(39-22)41(32,33)26-14(3)11-28-13-18(25-5-2)15-9-19(40(23,30)31)38-21(15)43(28,36)37/h9-10,14,17-18,24-26,29H,4-8,11-13H2,1-3H3,(H2,23,30,31). The number of hydrogen-bond donors (Lipinski definition) is 5. The molecule has 4 rings (SSSR count). The lowest BCUT2D eigenvalue weighted by Gasteiger charge is -2.33. The molecule has 6 N–H and O–H groups in total. The van der Waals surface area contributed by atoms with E-state index in [0.29, 0.717) is 41.3 Å². The summed E-state index contributed by atoms with van der Waals surface area (Å²) in [6.45, 7) is 5.73. The predicted octanol–water partition coefficient (Wildman–Crippen LogP) is -0.484. The van der Waals surface area contributed by atoms with Crippen molar-refractivity contribution >= 4 is 62.8 Å². The monoisotopic (exact) mass is 720 g/mol. The molecule has 15 nitrogen and oxygen atoms in total. The van der Waals surface area contributed by atoms with Crippen LogP contribution in [0.1, 0.15) is 50.4 Å². The van der Waals surface area contributed by atoms with Gasteiger partial charge < -0.3 is 15.7 Å². The predicted molar refractivity (Wildman–Crippen MR) is 162 cm³/mol. The number of nitrogens with one attached hydrogen (secondary N) is 3. The largest absolute Gasteiger partial charge is 0.396 e. The van der Waals surface area contributed by atoms with Gasteiger partial charge in [0, 0.05) is 62.0 Å². The number of primary sulfonamides is 1. The van der Waals surface area contributed by atoms with E-state index < -0.39 is 58.2 Å². The van der Waals surface area contributed by atoms with Gasteiger partial charge >= 0.3 is 0 Å². The Balaban J connectivity index is 1.60. The highest BCUT2D eigenvalue weighted by atomic mass is 32.3. The number of sulfonamides is 4. The Hall–Kier alpha value is -1.08. The summed E-state index contributed by atoms with van der Waals surface area (Å²) >= 11 is 1.16. The minimum atomic E-state index is -4.28. The summed E-state index contributed by atoms with van der Waals surface area (Å²) in [6, 6.07) is 0.632. The van der Waals surface area contributed by atoms with Crippen LogP contribution in [0, 0.1) is 0 Å². The summed E-state index contributed by atoms with van der Waals surface area (Å²) in [5.74, 6) is 0. The van der Waals surface area contributed by atoms with Crippen molar-refractivity contribution in [3.05, 3.63) is 23.3 Å². The first-order valence-electron chi connectivity index (χ1n) is 13.4. The molecule has 0 saturated heterocycles. The van der Waals surface area contributed by atoms with E-state index in [-0.39, 0.29) is 61.6 Å². The molecular weight excluding hydrogens is 685 g/mol. The average Bonchev–Trinajstić information content (AvgIpc) is 3.56. The van der Waals surface area contributed by atoms with Gasteiger partial charge in [-0.2, -0.15) is 8.61 Å². The molecule has 0 aliphatic carbocycles. The summed E-state index contributed by atoms with van der Waals surface area (Å²) in [6.07, 6.45) is 0.230. The van der Waals surface area contributed by atoms with Gasteiger partial charge in [-0.05, 0) is 38.6 Å². The van der Waals surface area contributed by atoms with E-state index in [2.05, 4.69) is 15.4 Å². The number of fused-ring (bicyclic) bond motifs is 2. The highest BCUT2D eigenvalue weighted by Gasteiger charge is 2.42. The average molecular weight is 721 g/mol. The van der Waals surface area contributed by atoms with E-state index in [1.807, 2.05) is 13.8 Å². The van der Waals surface area contributed by atoms with Crippen LogP contribution in [0.4, 0.5) is 0 Å². The second-order valence-corrected chi connectivity index (χ2v) is 20.3. The molecule has 0 amide bonds. The fraction of sp³-hybridized carbons (Fsp3) is 0.636. The summed E-state index contributed by atoms with van der Waals surface area (Å²) < 4.78 is 108. The Morgan fingerprint density at radius 1 is 0.930 bits per heavy atom. The van der Waals surface area contributed by atoms with E-state index in [1.165, 1.54) is 23.4 Å². The van der Waals surface area contributed by atoms with Crippen LogP contribution < -0.4 is 20.5 Å². The molecule has 0 saturated carbocycles. The first-order chi connectivity index (χ1) is 20.0. The van der Waals surface area contributed by atoms with Crippen molar-refractivity contribution in [2.75, 3.05) is 45.9 Å². The normalized spacial score (nSPS) is 23.1. The number of rotatable bonds is 13. The van der Waals surface area contributed by atoms with Gasteiger partial charge in [0.1, 0.15) is 16.8 Å². The van der Waals surface area contributed by atoms with Crippen LogP contribution in [0.5, 0.6) is 0 Å². The van der Waals surface area contributed by atoms with Crippen LogP contribution in [0.2, 0.25) is 0 Å². The number of nitrogens with two attached hydrogens (primary N) is 1. The van der Waals surface area contributed by atoms with Gasteiger partial charge in [0.15, 0.2) is 0 Å². The lowest BCUT2D eigenvalue weighted by Crippen LogP contribution is -2.49. The first kappa shape index (κ1) is 34.8. The lowest BCUT2D eigenvalue weighted by atomic mass is 10.1. The van der Waals surface area contributed by atoms with Crippen molar-refractivity contribution in [2.24, 2.45) is 5.14 Å². The summed E-state index contributed by atoms with van der Waals surface area (Å²) in [5.41, 5.74) is 0.622. The molecule has 2 aromatic rings. The Bertz CT molecular complexity index is 1770. The zero-order chi connectivity index (χ0) is 32.0. The molecule has 2 aromatic heterocycles. The van der Waals surface area contributed by atoms with Gasteiger partial charge in [0.2, 0.25) is 20.0 Å². The van der Waals surface area contributed by atoms with Gasteiger partial charge in [-0.3, -0.25) is 0 Å². The molecule has 244 valence electrons. The van der Waals surface area contributed by atoms with Crippen LogP contribution in [-0.4, -0.2) is 99.3 Å². The van der Waals surface area contributed by atoms with Gasteiger partial charge in [0.25, 0.3) is 20.0 Å². The lowest BCUT2D eigenvalue weighted by molar-refractivity contribution is 0.260. The van der Waals surface area contributed by atoms with Crippen molar-refractivity contribution < 1.29 is 38.8 Å². The molecule has 3 unspecified atom stereocenters. The number of thiophene rings is 2. The molecule has 0 fully saturated rings. The second kappa shape index (κ2) is 13.0. The molecule has 2 aliphatic rings. The van der Waals surface area contributed by atoms with Crippen molar-refractivity contribution in [1.29, 1.82) is 0 Å². The Labute approximate surface area is 260 Å². The number of likely N-dealkylation sites (N-methyl/N-ethyl adjacent to an activating group) is 2. The van der Waals surface area contributed by atoms with E-state index >= 15 is 0 Å². The van der Waals surface area contributed by atoms with Crippen molar-refractivity contribution in [1.82, 2.24) is 24.0 Å². The zero-order valence-electron chi connectivity index (χ0n) is 23.7. The number of aliphatic hydroxyl groups is 1. The zero-order valence-corrected chi connectivity index (χ0v) is 28.6. The molecule has 0 radical (unpaired) electrons. The molecule has 21 heteroatoms. The Morgan fingerprint density at radius 2 is 1.42 bits per heavy atom. The van der Waals surface area contributed by atoms with E-state index in [4.69, 9.17) is 5.14 Å². The van der Waals surface area contributed by atoms with Crippen molar-refractivity contribution in [3.63, 3.8) is 0 Å². The highest BCUT2D eigenvalue weighted by molar-refractivity contribution is 7.94. The molecule has 3 atom stereocenters. The number of hydrogen-bond acceptors (Lipinski definition) is 13. The van der Waals surface area contributed by atoms with Gasteiger partial charge in [-0.15, -0.1) is 22.7 Å². The third-order valence-corrected chi connectivity index (χ3v) is 17.5. The van der Waals surface area contributed by atoms with Crippen molar-refractivity contribution in [3.8, 4) is 0 Å². The Kier molecular flexibility index (Phi) is 10.5. The van der Waals surface area contributed by atoms with Crippen LogP contribution in [0.15, 0.2) is 29.0 Å². The minimum absolute atomic E-state index is 0.0738. The number of aliphatic hydroxyl groups excluding tert-OH is 1. The third kappa shape index (κ3) is 7.03. The van der Waals surface area contributed by atoms with Crippen molar-refractivity contribution in [2.45, 2.75) is 62.2 Å². The molecular formula is C22H36N6O9S6. The molecule has 43 heavy (non-hydrogen) atoms. The fourth-order valence-corrected chi connectivity index (χ4v) is 14.6. The number of nitrogens with zero attached hydrogens (tertiary/aromatic N) is 2. The maximum atomic E-state index is 13.5. The fourth-order valence-electron chi connectivity index (χ4n) is 5.07. The maximum Gasteiger partial charge on any atom is 0.253 e. The van der Waals surface area contributed by atoms with Gasteiger partial charge in [-0.25, -0.2) is 43.5 Å². The quantitative estimate of drug-likeness (QED) is 0.178. The molecule has 0 spiro atoms. The molecule has 0 aromatic carbocycles. The molecule has 4 heterocycles. The smallest absolute Gasteiger partial charge is 0.253 e. The van der Waals surface area contributed by atoms with Crippen LogP contribution in [0.25, 0.3) is 0 Å². The van der Waals surface area contributed by atoms with Crippen LogP contribution in [-0.2, 0) is 40.1 Å². The maximum absolute atomic E-state index is 13.5. The van der Waals surface area contributed by atoms with Crippen LogP contribution >= 0.6 is 22.7 Å². The molecule has 0 bridgehead atoms. The summed E-state index contributed by atoms with van der Waals surface area (Å²) in [4.78, 5) is 0. The van der Waals surface area contributed by atoms with E-state index in [1.54, 1.807) is 0 Å². The summed E-state index contributed by atoms with van der Waals surface area (Å²) in [7, 11) is -16.6. The van der Waals surface area contributed by atoms with E-state index in [9.17, 15) is 38.8 Å². The van der Waals surface area contributed by atoms with Gasteiger partial charge in [0.05, 0.1) is 0 Å².